The van der Waals surface area contributed by atoms with Crippen LogP contribution in [0.25, 0.3) is 11.5 Å². The fraction of sp³-hybridized carbons (Fsp3) is 0.125. The highest BCUT2D eigenvalue weighted by Crippen LogP contribution is 2.23. The molecule has 0 saturated carbocycles. The van der Waals surface area contributed by atoms with Crippen molar-refractivity contribution >= 4 is 17.7 Å². The molecule has 0 spiro atoms. The Balaban J connectivity index is 1.66. The average Bonchev–Trinajstić information content (AvgIpc) is 3.23. The number of rotatable bonds is 5. The molecule has 0 unspecified atom stereocenters. The summed E-state index contributed by atoms with van der Waals surface area (Å²) in [5.74, 6) is 0.700. The average molecular weight is 315 g/mol. The lowest BCUT2D eigenvalue weighted by molar-refractivity contribution is 0.0460. The summed E-state index contributed by atoms with van der Waals surface area (Å²) < 4.78 is 15.6. The molecule has 22 heavy (non-hydrogen) atoms. The van der Waals surface area contributed by atoms with Crippen molar-refractivity contribution in [2.75, 3.05) is 6.26 Å². The largest absolute Gasteiger partial charge is 0.461 e. The fourth-order valence-corrected chi connectivity index (χ4v) is 2.53. The first kappa shape index (κ1) is 14.5. The molecule has 0 radical (unpaired) electrons. The Labute approximate surface area is 131 Å². The van der Waals surface area contributed by atoms with Gasteiger partial charge in [-0.2, -0.15) is 0 Å². The van der Waals surface area contributed by atoms with Gasteiger partial charge in [-0.15, -0.1) is 11.8 Å². The third-order valence-electron chi connectivity index (χ3n) is 3.00. The fourth-order valence-electron chi connectivity index (χ4n) is 1.95. The molecule has 0 aliphatic carbocycles. The maximum absolute atomic E-state index is 12.1. The molecular formula is C16H13NO4S. The van der Waals surface area contributed by atoms with Crippen LogP contribution < -0.4 is 0 Å². The molecule has 2 aromatic heterocycles. The van der Waals surface area contributed by atoms with Crippen LogP contribution in [-0.2, 0) is 11.3 Å². The number of hydrogen-bond acceptors (Lipinski definition) is 6. The van der Waals surface area contributed by atoms with Crippen molar-refractivity contribution in [3.8, 4) is 11.5 Å². The molecule has 6 heteroatoms. The summed E-state index contributed by atoms with van der Waals surface area (Å²) in [5.41, 5.74) is 1.08. The summed E-state index contributed by atoms with van der Waals surface area (Å²) >= 11 is 1.50. The normalized spacial score (nSPS) is 10.6. The van der Waals surface area contributed by atoms with E-state index in [1.807, 2.05) is 18.4 Å². The zero-order valence-corrected chi connectivity index (χ0v) is 12.6. The molecule has 3 aromatic rings. The molecule has 0 amide bonds. The van der Waals surface area contributed by atoms with Crippen LogP contribution in [0.4, 0.5) is 0 Å². The number of carbonyl (C=O) groups is 1. The first-order chi connectivity index (χ1) is 10.8. The van der Waals surface area contributed by atoms with Crippen LogP contribution in [0.1, 0.15) is 16.1 Å². The SMILES string of the molecule is CSc1ccccc1C(=O)OCc1cc(-c2ccco2)on1. The van der Waals surface area contributed by atoms with Gasteiger partial charge in [-0.3, -0.25) is 0 Å². The van der Waals surface area contributed by atoms with Gasteiger partial charge in [0.2, 0.25) is 5.76 Å². The van der Waals surface area contributed by atoms with Crippen LogP contribution in [0.5, 0.6) is 0 Å². The predicted molar refractivity (Wildman–Crippen MR) is 81.5 cm³/mol. The molecule has 5 nitrogen and oxygen atoms in total. The lowest BCUT2D eigenvalue weighted by Crippen LogP contribution is -2.06. The maximum Gasteiger partial charge on any atom is 0.339 e. The highest BCUT2D eigenvalue weighted by Gasteiger charge is 2.14. The van der Waals surface area contributed by atoms with Crippen LogP contribution in [0.15, 0.2) is 62.6 Å². The second-order valence-electron chi connectivity index (χ2n) is 4.44. The van der Waals surface area contributed by atoms with E-state index < -0.39 is 0 Å². The van der Waals surface area contributed by atoms with E-state index in [0.717, 1.165) is 4.90 Å². The minimum Gasteiger partial charge on any atom is -0.461 e. The van der Waals surface area contributed by atoms with E-state index >= 15 is 0 Å². The summed E-state index contributed by atoms with van der Waals surface area (Å²) in [7, 11) is 0. The number of benzene rings is 1. The molecular weight excluding hydrogens is 302 g/mol. The quantitative estimate of drug-likeness (QED) is 0.523. The van der Waals surface area contributed by atoms with E-state index in [4.69, 9.17) is 13.7 Å². The summed E-state index contributed by atoms with van der Waals surface area (Å²) in [5, 5.41) is 3.86. The zero-order chi connectivity index (χ0) is 15.4. The molecule has 0 aliphatic heterocycles. The van der Waals surface area contributed by atoms with Crippen molar-refractivity contribution in [3.05, 3.63) is 60.0 Å². The highest BCUT2D eigenvalue weighted by molar-refractivity contribution is 7.98. The van der Waals surface area contributed by atoms with Gasteiger partial charge in [0.15, 0.2) is 5.76 Å². The number of esters is 1. The highest BCUT2D eigenvalue weighted by atomic mass is 32.2. The minimum atomic E-state index is -0.382. The predicted octanol–water partition coefficient (Wildman–Crippen LogP) is 4.01. The Bertz CT molecular complexity index is 764. The van der Waals surface area contributed by atoms with Crippen molar-refractivity contribution in [2.45, 2.75) is 11.5 Å². The third-order valence-corrected chi connectivity index (χ3v) is 3.80. The van der Waals surface area contributed by atoms with Crippen molar-refractivity contribution in [1.82, 2.24) is 5.16 Å². The van der Waals surface area contributed by atoms with Crippen molar-refractivity contribution < 1.29 is 18.5 Å². The Kier molecular flexibility index (Phi) is 4.29. The molecule has 1 aromatic carbocycles. The molecule has 112 valence electrons. The van der Waals surface area contributed by atoms with Crippen molar-refractivity contribution in [2.24, 2.45) is 0 Å². The van der Waals surface area contributed by atoms with Gasteiger partial charge in [-0.1, -0.05) is 17.3 Å². The van der Waals surface area contributed by atoms with Gasteiger partial charge in [-0.05, 0) is 30.5 Å². The molecule has 0 bridgehead atoms. The van der Waals surface area contributed by atoms with Crippen LogP contribution in [0.3, 0.4) is 0 Å². The van der Waals surface area contributed by atoms with Crippen LogP contribution in [-0.4, -0.2) is 17.4 Å². The van der Waals surface area contributed by atoms with E-state index in [0.29, 0.717) is 22.8 Å². The summed E-state index contributed by atoms with van der Waals surface area (Å²) in [6.45, 7) is 0.0474. The van der Waals surface area contributed by atoms with Gasteiger partial charge in [0, 0.05) is 11.0 Å². The Hall–Kier alpha value is -2.47. The molecule has 0 aliphatic rings. The Morgan fingerprint density at radius 2 is 2.09 bits per heavy atom. The molecule has 3 rings (SSSR count). The molecule has 2 heterocycles. The second-order valence-corrected chi connectivity index (χ2v) is 5.28. The molecule has 0 fully saturated rings. The van der Waals surface area contributed by atoms with Gasteiger partial charge in [0.1, 0.15) is 12.3 Å². The third kappa shape index (κ3) is 3.07. The minimum absolute atomic E-state index is 0.0474. The van der Waals surface area contributed by atoms with Gasteiger partial charge >= 0.3 is 5.97 Å². The zero-order valence-electron chi connectivity index (χ0n) is 11.8. The Morgan fingerprint density at radius 3 is 2.86 bits per heavy atom. The van der Waals surface area contributed by atoms with Gasteiger partial charge in [-0.25, -0.2) is 4.79 Å². The van der Waals surface area contributed by atoms with Gasteiger partial charge in [0.05, 0.1) is 11.8 Å². The molecule has 0 N–H and O–H groups in total. The van der Waals surface area contributed by atoms with Gasteiger partial charge in [0.25, 0.3) is 0 Å². The van der Waals surface area contributed by atoms with Crippen molar-refractivity contribution in [1.29, 1.82) is 0 Å². The van der Waals surface area contributed by atoms with Crippen LogP contribution in [0.2, 0.25) is 0 Å². The first-order valence-electron chi connectivity index (χ1n) is 6.57. The standard InChI is InChI=1S/C16H13NO4S/c1-22-15-7-3-2-5-12(15)16(18)20-10-11-9-14(21-17-11)13-6-4-8-19-13/h2-9H,10H2,1H3. The van der Waals surface area contributed by atoms with Crippen LogP contribution >= 0.6 is 11.8 Å². The van der Waals surface area contributed by atoms with Crippen molar-refractivity contribution in [3.63, 3.8) is 0 Å². The second kappa shape index (κ2) is 6.53. The van der Waals surface area contributed by atoms with Gasteiger partial charge < -0.3 is 13.7 Å². The van der Waals surface area contributed by atoms with Crippen LogP contribution in [0, 0.1) is 0 Å². The number of thioether (sulfide) groups is 1. The summed E-state index contributed by atoms with van der Waals surface area (Å²) in [6, 6.07) is 12.5. The molecule has 0 atom stereocenters. The first-order valence-corrected chi connectivity index (χ1v) is 7.80. The topological polar surface area (TPSA) is 65.5 Å². The molecule has 0 saturated heterocycles. The van der Waals surface area contributed by atoms with E-state index in [2.05, 4.69) is 5.16 Å². The number of furan rings is 1. The number of aromatic nitrogens is 1. The number of nitrogens with zero attached hydrogens (tertiary/aromatic N) is 1. The lowest BCUT2D eigenvalue weighted by atomic mass is 10.2. The maximum atomic E-state index is 12.1. The van der Waals surface area contributed by atoms with E-state index in [1.54, 1.807) is 36.6 Å². The van der Waals surface area contributed by atoms with E-state index in [1.165, 1.54) is 11.8 Å². The number of hydrogen-bond donors (Lipinski definition) is 0. The monoisotopic (exact) mass is 315 g/mol. The number of ether oxygens (including phenoxy) is 1. The lowest BCUT2D eigenvalue weighted by Gasteiger charge is -2.06. The smallest absolute Gasteiger partial charge is 0.339 e. The van der Waals surface area contributed by atoms with E-state index in [-0.39, 0.29) is 12.6 Å². The number of carbonyl (C=O) groups excluding carboxylic acids is 1. The summed E-state index contributed by atoms with van der Waals surface area (Å²) in [6.07, 6.45) is 3.47. The Morgan fingerprint density at radius 1 is 1.23 bits per heavy atom. The summed E-state index contributed by atoms with van der Waals surface area (Å²) in [4.78, 5) is 13.0. The van der Waals surface area contributed by atoms with E-state index in [9.17, 15) is 4.79 Å².